The second-order valence-corrected chi connectivity index (χ2v) is 6.54. The molecule has 0 aliphatic carbocycles. The first-order chi connectivity index (χ1) is 11.3. The minimum Gasteiger partial charge on any atom is -0.344 e. The third-order valence-electron chi connectivity index (χ3n) is 5.28. The monoisotopic (exact) mass is 305 g/mol. The van der Waals surface area contributed by atoms with Crippen LogP contribution in [0, 0.1) is 0 Å². The fourth-order valence-corrected chi connectivity index (χ4v) is 3.86. The van der Waals surface area contributed by atoms with Crippen molar-refractivity contribution in [2.45, 2.75) is 32.4 Å². The van der Waals surface area contributed by atoms with Gasteiger partial charge in [0.2, 0.25) is 0 Å². The quantitative estimate of drug-likeness (QED) is 0.733. The average Bonchev–Trinajstić information content (AvgIpc) is 2.91. The molecule has 0 bridgehead atoms. The van der Waals surface area contributed by atoms with Gasteiger partial charge in [0, 0.05) is 54.5 Å². The Morgan fingerprint density at radius 2 is 1.91 bits per heavy atom. The lowest BCUT2D eigenvalue weighted by atomic mass is 9.97. The molecule has 1 atom stereocenters. The standard InChI is InChI=1S/C20H23N3/c1-15-20-17-5-3-4-6-18(17)23(19(20)10-13-22(15)2)14-9-16-7-11-21-12-8-16/h3-8,11-12,15H,9-10,13-14H2,1-2H3. The molecule has 3 aromatic rings. The van der Waals surface area contributed by atoms with Crippen molar-refractivity contribution >= 4 is 10.9 Å². The fraction of sp³-hybridized carbons (Fsp3) is 0.350. The predicted octanol–water partition coefficient (Wildman–Crippen LogP) is 3.83. The number of hydrogen-bond donors (Lipinski definition) is 0. The molecule has 0 radical (unpaired) electrons. The molecule has 23 heavy (non-hydrogen) atoms. The van der Waals surface area contributed by atoms with Gasteiger partial charge in [-0.3, -0.25) is 9.88 Å². The number of rotatable bonds is 3. The van der Waals surface area contributed by atoms with Crippen LogP contribution in [0.3, 0.4) is 0 Å². The molecule has 3 heteroatoms. The molecule has 118 valence electrons. The van der Waals surface area contributed by atoms with Gasteiger partial charge in [0.05, 0.1) is 0 Å². The number of benzene rings is 1. The number of aryl methyl sites for hydroxylation is 2. The SMILES string of the molecule is CC1c2c(n(CCc3ccncc3)c3ccccc23)CCN1C. The summed E-state index contributed by atoms with van der Waals surface area (Å²) in [5, 5.41) is 1.43. The summed E-state index contributed by atoms with van der Waals surface area (Å²) in [4.78, 5) is 6.58. The van der Waals surface area contributed by atoms with Gasteiger partial charge >= 0.3 is 0 Å². The van der Waals surface area contributed by atoms with Crippen molar-refractivity contribution in [1.29, 1.82) is 0 Å². The molecule has 1 aliphatic rings. The number of nitrogens with zero attached hydrogens (tertiary/aromatic N) is 3. The van der Waals surface area contributed by atoms with Crippen molar-refractivity contribution in [3.05, 3.63) is 65.6 Å². The molecule has 0 spiro atoms. The number of pyridine rings is 1. The van der Waals surface area contributed by atoms with E-state index >= 15 is 0 Å². The Bertz CT molecular complexity index is 820. The number of fused-ring (bicyclic) bond motifs is 3. The van der Waals surface area contributed by atoms with Gasteiger partial charge in [-0.1, -0.05) is 18.2 Å². The summed E-state index contributed by atoms with van der Waals surface area (Å²) in [6, 6.07) is 13.6. The van der Waals surface area contributed by atoms with Crippen molar-refractivity contribution in [2.75, 3.05) is 13.6 Å². The van der Waals surface area contributed by atoms with Crippen molar-refractivity contribution in [3.8, 4) is 0 Å². The van der Waals surface area contributed by atoms with Gasteiger partial charge in [-0.2, -0.15) is 0 Å². The zero-order valence-electron chi connectivity index (χ0n) is 13.9. The van der Waals surface area contributed by atoms with Crippen molar-refractivity contribution in [3.63, 3.8) is 0 Å². The molecule has 1 aromatic carbocycles. The maximum Gasteiger partial charge on any atom is 0.0486 e. The van der Waals surface area contributed by atoms with E-state index in [-0.39, 0.29) is 0 Å². The lowest BCUT2D eigenvalue weighted by Gasteiger charge is -2.31. The van der Waals surface area contributed by atoms with E-state index in [2.05, 4.69) is 64.8 Å². The lowest BCUT2D eigenvalue weighted by molar-refractivity contribution is 0.245. The van der Waals surface area contributed by atoms with Gasteiger partial charge in [0.1, 0.15) is 0 Å². The topological polar surface area (TPSA) is 21.1 Å². The average molecular weight is 305 g/mol. The highest BCUT2D eigenvalue weighted by atomic mass is 15.1. The second-order valence-electron chi connectivity index (χ2n) is 6.54. The van der Waals surface area contributed by atoms with Gasteiger partial charge in [0.15, 0.2) is 0 Å². The molecule has 0 fully saturated rings. The maximum absolute atomic E-state index is 4.12. The van der Waals surface area contributed by atoms with Gasteiger partial charge < -0.3 is 4.57 Å². The smallest absolute Gasteiger partial charge is 0.0486 e. The Morgan fingerprint density at radius 1 is 1.13 bits per heavy atom. The van der Waals surface area contributed by atoms with Gasteiger partial charge in [-0.25, -0.2) is 0 Å². The molecule has 4 rings (SSSR count). The Kier molecular flexibility index (Phi) is 3.66. The van der Waals surface area contributed by atoms with E-state index in [0.717, 1.165) is 25.9 Å². The Hall–Kier alpha value is -2.13. The summed E-state index contributed by atoms with van der Waals surface area (Å²) in [6.45, 7) is 4.51. The molecule has 0 saturated heterocycles. The van der Waals surface area contributed by atoms with Gasteiger partial charge in [0.25, 0.3) is 0 Å². The van der Waals surface area contributed by atoms with Crippen LogP contribution in [-0.2, 0) is 19.4 Å². The van der Waals surface area contributed by atoms with Crippen molar-refractivity contribution < 1.29 is 0 Å². The van der Waals surface area contributed by atoms with Gasteiger partial charge in [-0.05, 0) is 49.7 Å². The maximum atomic E-state index is 4.12. The molecule has 0 N–H and O–H groups in total. The summed E-state index contributed by atoms with van der Waals surface area (Å²) in [5.41, 5.74) is 5.80. The predicted molar refractivity (Wildman–Crippen MR) is 94.6 cm³/mol. The summed E-state index contributed by atoms with van der Waals surface area (Å²) in [7, 11) is 2.23. The molecular weight excluding hydrogens is 282 g/mol. The summed E-state index contributed by atoms with van der Waals surface area (Å²) >= 11 is 0. The van der Waals surface area contributed by atoms with Crippen LogP contribution in [-0.4, -0.2) is 28.0 Å². The molecule has 1 unspecified atom stereocenters. The zero-order valence-corrected chi connectivity index (χ0v) is 13.9. The van der Waals surface area contributed by atoms with E-state index in [4.69, 9.17) is 0 Å². The largest absolute Gasteiger partial charge is 0.344 e. The Balaban J connectivity index is 1.77. The third kappa shape index (κ3) is 2.45. The van der Waals surface area contributed by atoms with E-state index in [9.17, 15) is 0 Å². The van der Waals surface area contributed by atoms with Crippen LogP contribution in [0.2, 0.25) is 0 Å². The van der Waals surface area contributed by atoms with Gasteiger partial charge in [-0.15, -0.1) is 0 Å². The lowest BCUT2D eigenvalue weighted by Crippen LogP contribution is -2.31. The highest BCUT2D eigenvalue weighted by molar-refractivity contribution is 5.86. The van der Waals surface area contributed by atoms with Crippen molar-refractivity contribution in [1.82, 2.24) is 14.5 Å². The van der Waals surface area contributed by atoms with Crippen LogP contribution >= 0.6 is 0 Å². The third-order valence-corrected chi connectivity index (χ3v) is 5.28. The van der Waals surface area contributed by atoms with E-state index in [1.165, 1.54) is 27.7 Å². The summed E-state index contributed by atoms with van der Waals surface area (Å²) in [6.07, 6.45) is 5.96. The highest BCUT2D eigenvalue weighted by Gasteiger charge is 2.27. The second kappa shape index (κ2) is 5.82. The molecule has 3 nitrogen and oxygen atoms in total. The molecule has 3 heterocycles. The normalized spacial score (nSPS) is 18.3. The Labute approximate surface area is 137 Å². The first-order valence-electron chi connectivity index (χ1n) is 8.45. The molecule has 0 saturated carbocycles. The van der Waals surface area contributed by atoms with E-state index in [1.807, 2.05) is 12.4 Å². The molecule has 1 aliphatic heterocycles. The van der Waals surface area contributed by atoms with Crippen LogP contribution in [0.15, 0.2) is 48.8 Å². The molecular formula is C20H23N3. The van der Waals surface area contributed by atoms with Crippen molar-refractivity contribution in [2.24, 2.45) is 0 Å². The van der Waals surface area contributed by atoms with E-state index in [1.54, 1.807) is 0 Å². The van der Waals surface area contributed by atoms with Crippen LogP contribution in [0.4, 0.5) is 0 Å². The van der Waals surface area contributed by atoms with E-state index < -0.39 is 0 Å². The summed E-state index contributed by atoms with van der Waals surface area (Å²) < 4.78 is 2.55. The van der Waals surface area contributed by atoms with Crippen LogP contribution in [0.25, 0.3) is 10.9 Å². The number of aromatic nitrogens is 2. The first kappa shape index (κ1) is 14.5. The van der Waals surface area contributed by atoms with Crippen LogP contribution in [0.5, 0.6) is 0 Å². The van der Waals surface area contributed by atoms with Crippen LogP contribution in [0.1, 0.15) is 29.8 Å². The first-order valence-corrected chi connectivity index (χ1v) is 8.45. The number of para-hydroxylation sites is 1. The highest BCUT2D eigenvalue weighted by Crippen LogP contribution is 2.36. The summed E-state index contributed by atoms with van der Waals surface area (Å²) in [5.74, 6) is 0. The number of hydrogen-bond acceptors (Lipinski definition) is 2. The van der Waals surface area contributed by atoms with E-state index in [0.29, 0.717) is 6.04 Å². The molecule has 0 amide bonds. The fourth-order valence-electron chi connectivity index (χ4n) is 3.86. The minimum absolute atomic E-state index is 0.492. The van der Waals surface area contributed by atoms with Crippen LogP contribution < -0.4 is 0 Å². The minimum atomic E-state index is 0.492. The molecule has 2 aromatic heterocycles. The number of likely N-dealkylation sites (N-methyl/N-ethyl adjacent to an activating group) is 1. The zero-order chi connectivity index (χ0) is 15.8. The Morgan fingerprint density at radius 3 is 2.74 bits per heavy atom.